The third-order valence-corrected chi connectivity index (χ3v) is 5.23. The quantitative estimate of drug-likeness (QED) is 0.846. The molecule has 0 atom stereocenters. The Morgan fingerprint density at radius 3 is 2.67 bits per heavy atom. The Balaban J connectivity index is 1.56. The molecule has 126 valence electrons. The average Bonchev–Trinajstić information content (AvgIpc) is 3.12. The first kappa shape index (κ1) is 16.4. The zero-order valence-electron chi connectivity index (χ0n) is 12.6. The van der Waals surface area contributed by atoms with Gasteiger partial charge in [-0.15, -0.1) is 0 Å². The molecule has 9 nitrogen and oxygen atoms in total. The monoisotopic (exact) mass is 349 g/mol. The number of nitrogens with zero attached hydrogens (tertiary/aromatic N) is 4. The van der Waals surface area contributed by atoms with E-state index in [-0.39, 0.29) is 28.6 Å². The normalized spacial score (nSPS) is 21.1. The maximum atomic E-state index is 12.1. The molecular formula is C14H15N5O4S. The minimum atomic E-state index is -3.62. The second-order valence-corrected chi connectivity index (χ2v) is 7.11. The van der Waals surface area contributed by atoms with Crippen LogP contribution in [0.25, 0.3) is 0 Å². The first-order valence-electron chi connectivity index (χ1n) is 7.38. The third-order valence-electron chi connectivity index (χ3n) is 3.76. The van der Waals surface area contributed by atoms with Gasteiger partial charge in [0.15, 0.2) is 0 Å². The van der Waals surface area contributed by atoms with Gasteiger partial charge in [0.2, 0.25) is 15.7 Å². The van der Waals surface area contributed by atoms with Gasteiger partial charge in [-0.2, -0.15) is 5.26 Å². The van der Waals surface area contributed by atoms with E-state index in [2.05, 4.69) is 24.4 Å². The second kappa shape index (κ2) is 6.94. The van der Waals surface area contributed by atoms with E-state index in [0.717, 1.165) is 12.5 Å². The van der Waals surface area contributed by atoms with Crippen molar-refractivity contribution >= 4 is 10.0 Å². The summed E-state index contributed by atoms with van der Waals surface area (Å²) in [4.78, 5) is 7.93. The lowest BCUT2D eigenvalue weighted by molar-refractivity contribution is 0.137. The molecule has 1 fully saturated rings. The summed E-state index contributed by atoms with van der Waals surface area (Å²) in [6.07, 6.45) is 7.58. The summed E-state index contributed by atoms with van der Waals surface area (Å²) >= 11 is 0. The molecule has 2 aromatic rings. The lowest BCUT2D eigenvalue weighted by atomic mass is 9.94. The van der Waals surface area contributed by atoms with Gasteiger partial charge in [-0.05, 0) is 25.7 Å². The van der Waals surface area contributed by atoms with Crippen molar-refractivity contribution in [3.63, 3.8) is 0 Å². The van der Waals surface area contributed by atoms with Crippen molar-refractivity contribution in [2.75, 3.05) is 0 Å². The van der Waals surface area contributed by atoms with Gasteiger partial charge in [0.25, 0.3) is 5.88 Å². The highest BCUT2D eigenvalue weighted by atomic mass is 32.2. The van der Waals surface area contributed by atoms with Gasteiger partial charge in [0, 0.05) is 18.4 Å². The summed E-state index contributed by atoms with van der Waals surface area (Å²) in [6, 6.07) is 1.76. The first-order chi connectivity index (χ1) is 11.6. The molecule has 1 N–H and O–H groups in total. The molecule has 0 spiro atoms. The van der Waals surface area contributed by atoms with Crippen LogP contribution in [0.15, 0.2) is 34.3 Å². The Hall–Kier alpha value is -2.51. The van der Waals surface area contributed by atoms with Crippen molar-refractivity contribution in [3.05, 3.63) is 30.5 Å². The van der Waals surface area contributed by atoms with Crippen LogP contribution in [0, 0.1) is 11.3 Å². The third kappa shape index (κ3) is 3.69. The number of sulfonamides is 1. The summed E-state index contributed by atoms with van der Waals surface area (Å²) < 4.78 is 37.2. The number of nitriles is 1. The Kier molecular flexibility index (Phi) is 4.73. The van der Waals surface area contributed by atoms with Crippen LogP contribution >= 0.6 is 0 Å². The summed E-state index contributed by atoms with van der Waals surface area (Å²) in [5, 5.41) is 12.4. The van der Waals surface area contributed by atoms with Crippen LogP contribution in [0.2, 0.25) is 0 Å². The van der Waals surface area contributed by atoms with Crippen molar-refractivity contribution in [1.82, 2.24) is 19.8 Å². The standard InChI is InChI=1S/C14H15N5O4S/c15-7-13-14(17-6-5-16-13)23-11-3-1-10(2-4-11)19-24(20,21)12-8-18-22-9-12/h5-6,8-11,19H,1-4H2. The molecule has 0 saturated heterocycles. The van der Waals surface area contributed by atoms with E-state index in [0.29, 0.717) is 25.7 Å². The number of ether oxygens (including phenoxy) is 1. The van der Waals surface area contributed by atoms with E-state index in [1.165, 1.54) is 12.4 Å². The number of aromatic nitrogens is 3. The highest BCUT2D eigenvalue weighted by Crippen LogP contribution is 2.25. The predicted molar refractivity (Wildman–Crippen MR) is 80.2 cm³/mol. The molecule has 1 saturated carbocycles. The van der Waals surface area contributed by atoms with E-state index < -0.39 is 10.0 Å². The maximum absolute atomic E-state index is 12.1. The van der Waals surface area contributed by atoms with Crippen LogP contribution in [0.5, 0.6) is 5.88 Å². The first-order valence-corrected chi connectivity index (χ1v) is 8.86. The molecule has 0 amide bonds. The van der Waals surface area contributed by atoms with Gasteiger partial charge in [0.05, 0.1) is 6.20 Å². The fourth-order valence-electron chi connectivity index (χ4n) is 2.56. The average molecular weight is 349 g/mol. The molecule has 2 aromatic heterocycles. The summed E-state index contributed by atoms with van der Waals surface area (Å²) in [5.74, 6) is 0.216. The maximum Gasteiger partial charge on any atom is 0.251 e. The fraction of sp³-hybridized carbons (Fsp3) is 0.429. The molecule has 1 aliphatic rings. The van der Waals surface area contributed by atoms with Crippen LogP contribution < -0.4 is 9.46 Å². The predicted octanol–water partition coefficient (Wildman–Crippen LogP) is 1.00. The molecule has 3 rings (SSSR count). The highest BCUT2D eigenvalue weighted by Gasteiger charge is 2.28. The van der Waals surface area contributed by atoms with E-state index >= 15 is 0 Å². The molecule has 24 heavy (non-hydrogen) atoms. The van der Waals surface area contributed by atoms with Crippen LogP contribution in [0.3, 0.4) is 0 Å². The number of rotatable bonds is 5. The topological polar surface area (TPSA) is 131 Å². The number of nitrogens with one attached hydrogen (secondary N) is 1. The zero-order valence-corrected chi connectivity index (χ0v) is 13.4. The lowest BCUT2D eigenvalue weighted by Gasteiger charge is -2.28. The molecule has 2 heterocycles. The molecule has 1 aliphatic carbocycles. The Labute approximate surface area is 138 Å². The summed E-state index contributed by atoms with van der Waals surface area (Å²) in [6.45, 7) is 0. The van der Waals surface area contributed by atoms with Gasteiger partial charge in [0.1, 0.15) is 23.3 Å². The van der Waals surface area contributed by atoms with Crippen molar-refractivity contribution in [3.8, 4) is 11.9 Å². The van der Waals surface area contributed by atoms with Gasteiger partial charge in [-0.3, -0.25) is 0 Å². The Morgan fingerprint density at radius 1 is 1.25 bits per heavy atom. The Morgan fingerprint density at radius 2 is 2.00 bits per heavy atom. The minimum Gasteiger partial charge on any atom is -0.472 e. The number of hydrogen-bond acceptors (Lipinski definition) is 8. The van der Waals surface area contributed by atoms with Gasteiger partial charge in [-0.25, -0.2) is 23.1 Å². The molecule has 0 aromatic carbocycles. The molecule has 0 unspecified atom stereocenters. The van der Waals surface area contributed by atoms with Crippen molar-refractivity contribution in [2.45, 2.75) is 42.7 Å². The van der Waals surface area contributed by atoms with E-state index in [4.69, 9.17) is 10.00 Å². The molecular weight excluding hydrogens is 334 g/mol. The van der Waals surface area contributed by atoms with Crippen LogP contribution in [0.4, 0.5) is 0 Å². The van der Waals surface area contributed by atoms with Crippen molar-refractivity contribution < 1.29 is 17.7 Å². The van der Waals surface area contributed by atoms with E-state index in [9.17, 15) is 8.42 Å². The van der Waals surface area contributed by atoms with Crippen LogP contribution in [-0.2, 0) is 10.0 Å². The van der Waals surface area contributed by atoms with Gasteiger partial charge >= 0.3 is 0 Å². The van der Waals surface area contributed by atoms with E-state index in [1.54, 1.807) is 0 Å². The smallest absolute Gasteiger partial charge is 0.251 e. The van der Waals surface area contributed by atoms with Gasteiger partial charge in [-0.1, -0.05) is 5.16 Å². The lowest BCUT2D eigenvalue weighted by Crippen LogP contribution is -2.39. The van der Waals surface area contributed by atoms with Gasteiger partial charge < -0.3 is 9.26 Å². The molecule has 0 aliphatic heterocycles. The molecule has 0 bridgehead atoms. The van der Waals surface area contributed by atoms with Crippen molar-refractivity contribution in [1.29, 1.82) is 5.26 Å². The second-order valence-electron chi connectivity index (χ2n) is 5.39. The minimum absolute atomic E-state index is 0.0131. The molecule has 10 heteroatoms. The van der Waals surface area contributed by atoms with Crippen LogP contribution in [-0.4, -0.2) is 35.7 Å². The summed E-state index contributed by atoms with van der Waals surface area (Å²) in [5.41, 5.74) is 0.146. The summed E-state index contributed by atoms with van der Waals surface area (Å²) in [7, 11) is -3.62. The SMILES string of the molecule is N#Cc1nccnc1OC1CCC(NS(=O)(=O)c2cnoc2)CC1. The molecule has 0 radical (unpaired) electrons. The van der Waals surface area contributed by atoms with Crippen LogP contribution in [0.1, 0.15) is 31.4 Å². The van der Waals surface area contributed by atoms with Crippen molar-refractivity contribution in [2.24, 2.45) is 0 Å². The number of hydrogen-bond donors (Lipinski definition) is 1. The highest BCUT2D eigenvalue weighted by molar-refractivity contribution is 7.89. The van der Waals surface area contributed by atoms with E-state index in [1.807, 2.05) is 6.07 Å². The largest absolute Gasteiger partial charge is 0.472 e. The zero-order chi connectivity index (χ0) is 17.0. The fourth-order valence-corrected chi connectivity index (χ4v) is 3.72. The Bertz CT molecular complexity index is 823.